The van der Waals surface area contributed by atoms with Gasteiger partial charge in [-0.15, -0.1) is 5.10 Å². The second-order valence-corrected chi connectivity index (χ2v) is 5.76. The van der Waals surface area contributed by atoms with Crippen LogP contribution in [0.5, 0.6) is 5.75 Å². The first-order valence-electron chi connectivity index (χ1n) is 7.44. The highest BCUT2D eigenvalue weighted by Gasteiger charge is 2.27. The third kappa shape index (κ3) is 3.48. The first-order valence-corrected chi connectivity index (χ1v) is 7.82. The normalized spacial score (nSPS) is 18.5. The Bertz CT molecular complexity index is 620. The van der Waals surface area contributed by atoms with Crippen molar-refractivity contribution in [3.8, 4) is 5.75 Å². The minimum Gasteiger partial charge on any atom is -0.491 e. The van der Waals surface area contributed by atoms with Gasteiger partial charge >= 0.3 is 0 Å². The van der Waals surface area contributed by atoms with Gasteiger partial charge in [-0.2, -0.15) is 5.10 Å². The molecule has 1 unspecified atom stereocenters. The quantitative estimate of drug-likeness (QED) is 0.918. The van der Waals surface area contributed by atoms with Crippen molar-refractivity contribution in [1.29, 1.82) is 0 Å². The van der Waals surface area contributed by atoms with E-state index >= 15 is 0 Å². The molecule has 0 radical (unpaired) electrons. The number of hydrogen-bond donors (Lipinski definition) is 1. The molecule has 2 heterocycles. The number of nitrogens with zero attached hydrogens (tertiary/aromatic N) is 3. The van der Waals surface area contributed by atoms with E-state index in [0.717, 1.165) is 37.4 Å². The monoisotopic (exact) mass is 318 g/mol. The number of aromatic nitrogens is 2. The molecule has 0 spiro atoms. The van der Waals surface area contributed by atoms with Crippen LogP contribution in [0.1, 0.15) is 24.6 Å². The van der Waals surface area contributed by atoms with Gasteiger partial charge in [0.15, 0.2) is 0 Å². The molecule has 1 fully saturated rings. The van der Waals surface area contributed by atoms with Crippen LogP contribution >= 0.6 is 11.6 Å². The number of benzene rings is 1. The van der Waals surface area contributed by atoms with E-state index < -0.39 is 0 Å². The van der Waals surface area contributed by atoms with Crippen LogP contribution in [-0.4, -0.2) is 34.8 Å². The summed E-state index contributed by atoms with van der Waals surface area (Å²) in [5, 5.41) is 8.81. The maximum absolute atomic E-state index is 6.09. The molecule has 1 saturated heterocycles. The number of nitrogen functional groups attached to an aromatic ring is 1. The lowest BCUT2D eigenvalue weighted by molar-refractivity contribution is 0.195. The van der Waals surface area contributed by atoms with E-state index in [4.69, 9.17) is 22.1 Å². The molecule has 0 bridgehead atoms. The third-order valence-electron chi connectivity index (χ3n) is 3.88. The standard InChI is InChI=1S/C16H19ClN4O/c17-12-4-1-2-6-15(12)22-11-10-21-9-3-5-14(21)13-7-8-16(18)20-19-13/h1-2,4,6-8,14H,3,5,9-11H2,(H2,18,20). The van der Waals surface area contributed by atoms with Crippen LogP contribution in [0.15, 0.2) is 36.4 Å². The Labute approximate surface area is 135 Å². The van der Waals surface area contributed by atoms with Crippen molar-refractivity contribution >= 4 is 17.4 Å². The van der Waals surface area contributed by atoms with Crippen LogP contribution in [0.4, 0.5) is 5.82 Å². The van der Waals surface area contributed by atoms with Gasteiger partial charge in [0.05, 0.1) is 16.8 Å². The van der Waals surface area contributed by atoms with Gasteiger partial charge in [-0.1, -0.05) is 23.7 Å². The first kappa shape index (κ1) is 15.1. The van der Waals surface area contributed by atoms with Crippen molar-refractivity contribution < 1.29 is 4.74 Å². The number of rotatable bonds is 5. The van der Waals surface area contributed by atoms with E-state index in [1.165, 1.54) is 0 Å². The average Bonchev–Trinajstić information content (AvgIpc) is 2.98. The largest absolute Gasteiger partial charge is 0.491 e. The summed E-state index contributed by atoms with van der Waals surface area (Å²) in [6.45, 7) is 2.48. The number of para-hydroxylation sites is 1. The van der Waals surface area contributed by atoms with Crippen LogP contribution < -0.4 is 10.5 Å². The SMILES string of the molecule is Nc1ccc(C2CCCN2CCOc2ccccc2Cl)nn1. The molecule has 22 heavy (non-hydrogen) atoms. The van der Waals surface area contributed by atoms with Crippen molar-refractivity contribution in [2.24, 2.45) is 0 Å². The Morgan fingerprint density at radius 3 is 2.86 bits per heavy atom. The summed E-state index contributed by atoms with van der Waals surface area (Å²) in [4.78, 5) is 2.37. The zero-order chi connectivity index (χ0) is 15.4. The molecule has 3 rings (SSSR count). The predicted molar refractivity (Wildman–Crippen MR) is 86.9 cm³/mol. The highest BCUT2D eigenvalue weighted by Crippen LogP contribution is 2.30. The molecule has 1 aliphatic heterocycles. The van der Waals surface area contributed by atoms with Gasteiger partial charge in [-0.05, 0) is 43.7 Å². The summed E-state index contributed by atoms with van der Waals surface area (Å²) < 4.78 is 5.77. The molecule has 0 aliphatic carbocycles. The third-order valence-corrected chi connectivity index (χ3v) is 4.20. The summed E-state index contributed by atoms with van der Waals surface area (Å²) >= 11 is 6.09. The fraction of sp³-hybridized carbons (Fsp3) is 0.375. The smallest absolute Gasteiger partial charge is 0.146 e. The maximum atomic E-state index is 6.09. The van der Waals surface area contributed by atoms with Gasteiger partial charge in [0.1, 0.15) is 18.2 Å². The van der Waals surface area contributed by atoms with Crippen LogP contribution in [-0.2, 0) is 0 Å². The zero-order valence-electron chi connectivity index (χ0n) is 12.3. The second kappa shape index (κ2) is 6.94. The molecule has 0 saturated carbocycles. The van der Waals surface area contributed by atoms with E-state index in [2.05, 4.69) is 15.1 Å². The van der Waals surface area contributed by atoms with Crippen molar-refractivity contribution in [3.63, 3.8) is 0 Å². The number of anilines is 1. The molecule has 1 atom stereocenters. The van der Waals surface area contributed by atoms with Crippen LogP contribution in [0.3, 0.4) is 0 Å². The van der Waals surface area contributed by atoms with Gasteiger partial charge in [0.2, 0.25) is 0 Å². The van der Waals surface area contributed by atoms with Crippen LogP contribution in [0, 0.1) is 0 Å². The molecule has 1 aromatic heterocycles. The maximum Gasteiger partial charge on any atom is 0.146 e. The van der Waals surface area contributed by atoms with Crippen molar-refractivity contribution in [2.45, 2.75) is 18.9 Å². The van der Waals surface area contributed by atoms with Gasteiger partial charge in [0, 0.05) is 6.54 Å². The summed E-state index contributed by atoms with van der Waals surface area (Å²) in [7, 11) is 0. The molecular formula is C16H19ClN4O. The van der Waals surface area contributed by atoms with Gasteiger partial charge in [0.25, 0.3) is 0 Å². The molecule has 2 N–H and O–H groups in total. The second-order valence-electron chi connectivity index (χ2n) is 5.36. The summed E-state index contributed by atoms with van der Waals surface area (Å²) in [6, 6.07) is 11.6. The zero-order valence-corrected chi connectivity index (χ0v) is 13.0. The number of nitrogens with two attached hydrogens (primary N) is 1. The summed E-state index contributed by atoms with van der Waals surface area (Å²) in [5.41, 5.74) is 6.58. The Hall–Kier alpha value is -1.85. The lowest BCUT2D eigenvalue weighted by Gasteiger charge is -2.23. The van der Waals surface area contributed by atoms with E-state index in [1.807, 2.05) is 30.3 Å². The average molecular weight is 319 g/mol. The van der Waals surface area contributed by atoms with Gasteiger partial charge < -0.3 is 10.5 Å². The van der Waals surface area contributed by atoms with Crippen LogP contribution in [0.25, 0.3) is 0 Å². The summed E-state index contributed by atoms with van der Waals surface area (Å²) in [5.74, 6) is 1.18. The topological polar surface area (TPSA) is 64.3 Å². The van der Waals surface area contributed by atoms with Crippen molar-refractivity contribution in [3.05, 3.63) is 47.1 Å². The molecule has 1 aromatic carbocycles. The lowest BCUT2D eigenvalue weighted by Crippen LogP contribution is -2.28. The number of ether oxygens (including phenoxy) is 1. The first-order chi connectivity index (χ1) is 10.7. The number of hydrogen-bond acceptors (Lipinski definition) is 5. The van der Waals surface area contributed by atoms with E-state index in [0.29, 0.717) is 23.5 Å². The Morgan fingerprint density at radius 2 is 2.09 bits per heavy atom. The predicted octanol–water partition coefficient (Wildman–Crippen LogP) is 2.93. The fourth-order valence-corrected chi connectivity index (χ4v) is 2.98. The molecule has 6 heteroatoms. The van der Waals surface area contributed by atoms with Crippen LogP contribution in [0.2, 0.25) is 5.02 Å². The van der Waals surface area contributed by atoms with Crippen molar-refractivity contribution in [1.82, 2.24) is 15.1 Å². The highest BCUT2D eigenvalue weighted by atomic mass is 35.5. The molecule has 1 aliphatic rings. The molecule has 2 aromatic rings. The minimum absolute atomic E-state index is 0.294. The van der Waals surface area contributed by atoms with Gasteiger partial charge in [-0.25, -0.2) is 0 Å². The Balaban J connectivity index is 1.57. The van der Waals surface area contributed by atoms with E-state index in [1.54, 1.807) is 6.07 Å². The number of halogens is 1. The minimum atomic E-state index is 0.294. The molecule has 5 nitrogen and oxygen atoms in total. The molecular weight excluding hydrogens is 300 g/mol. The van der Waals surface area contributed by atoms with Crippen molar-refractivity contribution in [2.75, 3.05) is 25.4 Å². The molecule has 0 amide bonds. The molecule has 116 valence electrons. The fourth-order valence-electron chi connectivity index (χ4n) is 2.79. The highest BCUT2D eigenvalue weighted by molar-refractivity contribution is 6.32. The Morgan fingerprint density at radius 1 is 1.23 bits per heavy atom. The Kier molecular flexibility index (Phi) is 4.75. The number of likely N-dealkylation sites (tertiary alicyclic amines) is 1. The van der Waals surface area contributed by atoms with E-state index in [-0.39, 0.29) is 0 Å². The van der Waals surface area contributed by atoms with E-state index in [9.17, 15) is 0 Å². The lowest BCUT2D eigenvalue weighted by atomic mass is 10.1. The van der Waals surface area contributed by atoms with Gasteiger partial charge in [-0.3, -0.25) is 4.90 Å². The summed E-state index contributed by atoms with van der Waals surface area (Å²) in [6.07, 6.45) is 2.24.